The lowest BCUT2D eigenvalue weighted by molar-refractivity contribution is 1.18. The molecule has 0 saturated carbocycles. The fourth-order valence-corrected chi connectivity index (χ4v) is 7.62. The molecule has 1 aliphatic heterocycles. The first-order chi connectivity index (χ1) is 19.8. The average Bonchev–Trinajstić information content (AvgIpc) is 3.33. The number of hydrogen-bond donors (Lipinski definition) is 0. The van der Waals surface area contributed by atoms with E-state index in [2.05, 4.69) is 144 Å². The van der Waals surface area contributed by atoms with Crippen LogP contribution in [-0.4, -0.2) is 4.57 Å². The molecule has 0 radical (unpaired) electrons. The van der Waals surface area contributed by atoms with Crippen LogP contribution in [0.2, 0.25) is 0 Å². The summed E-state index contributed by atoms with van der Waals surface area (Å²) in [6.45, 7) is 0. The fourth-order valence-electron chi connectivity index (χ4n) is 6.49. The molecule has 0 N–H and O–H groups in total. The third-order valence-corrected chi connectivity index (χ3v) is 9.47. The Bertz CT molecular complexity index is 2290. The summed E-state index contributed by atoms with van der Waals surface area (Å²) in [6, 6.07) is 51.3. The van der Waals surface area contributed by atoms with Crippen LogP contribution in [0.3, 0.4) is 0 Å². The molecule has 2 heterocycles. The first-order valence-corrected chi connectivity index (χ1v) is 14.5. The van der Waals surface area contributed by atoms with Gasteiger partial charge in [-0.1, -0.05) is 96.7 Å². The lowest BCUT2D eigenvalue weighted by atomic mass is 9.94. The number of nitrogens with zero attached hydrogens (tertiary/aromatic N) is 1. The van der Waals surface area contributed by atoms with Gasteiger partial charge in [0.2, 0.25) is 0 Å². The predicted molar refractivity (Wildman–Crippen MR) is 171 cm³/mol. The number of rotatable bonds is 2. The van der Waals surface area contributed by atoms with Crippen LogP contribution in [-0.2, 0) is 0 Å². The second kappa shape index (κ2) is 8.35. The normalized spacial score (nSPS) is 12.4. The maximum Gasteiger partial charge on any atom is 0.0547 e. The quantitative estimate of drug-likeness (QED) is 0.217. The minimum Gasteiger partial charge on any atom is -0.309 e. The Hall–Kier alpha value is -4.79. The molecular weight excluding hydrogens is 502 g/mol. The second-order valence-corrected chi connectivity index (χ2v) is 11.7. The summed E-state index contributed by atoms with van der Waals surface area (Å²) in [5.74, 6) is 0. The number of aromatic nitrogens is 1. The van der Waals surface area contributed by atoms with Crippen molar-refractivity contribution >= 4 is 55.1 Å². The van der Waals surface area contributed by atoms with E-state index >= 15 is 0 Å². The van der Waals surface area contributed by atoms with Crippen LogP contribution in [0, 0.1) is 0 Å². The van der Waals surface area contributed by atoms with E-state index in [1.54, 1.807) is 0 Å². The second-order valence-electron chi connectivity index (χ2n) is 10.6. The number of fused-ring (bicyclic) bond motifs is 6. The van der Waals surface area contributed by atoms with Gasteiger partial charge in [-0.15, -0.1) is 0 Å². The highest BCUT2D eigenvalue weighted by Crippen LogP contribution is 2.48. The molecule has 0 aliphatic carbocycles. The first kappa shape index (κ1) is 22.1. The third-order valence-electron chi connectivity index (χ3n) is 8.33. The van der Waals surface area contributed by atoms with Gasteiger partial charge in [0.05, 0.1) is 11.0 Å². The molecule has 0 spiro atoms. The van der Waals surface area contributed by atoms with Crippen LogP contribution in [0.1, 0.15) is 0 Å². The van der Waals surface area contributed by atoms with Crippen LogP contribution in [0.5, 0.6) is 0 Å². The van der Waals surface area contributed by atoms with E-state index in [1.807, 2.05) is 11.8 Å². The molecule has 1 aromatic heterocycles. The van der Waals surface area contributed by atoms with Gasteiger partial charge in [0.15, 0.2) is 0 Å². The molecule has 0 saturated heterocycles. The number of benzene rings is 7. The highest BCUT2D eigenvalue weighted by Gasteiger charge is 2.20. The first-order valence-electron chi connectivity index (χ1n) is 13.7. The summed E-state index contributed by atoms with van der Waals surface area (Å²) in [5, 5.41) is 7.77. The van der Waals surface area contributed by atoms with E-state index in [1.165, 1.54) is 81.1 Å². The molecule has 186 valence electrons. The van der Waals surface area contributed by atoms with Gasteiger partial charge >= 0.3 is 0 Å². The highest BCUT2D eigenvalue weighted by atomic mass is 32.2. The summed E-state index contributed by atoms with van der Waals surface area (Å²) in [7, 11) is 0. The molecule has 0 amide bonds. The van der Waals surface area contributed by atoms with Crippen LogP contribution in [0.15, 0.2) is 149 Å². The van der Waals surface area contributed by atoms with Gasteiger partial charge in [0.1, 0.15) is 0 Å². The van der Waals surface area contributed by atoms with Crippen LogP contribution >= 0.6 is 11.8 Å². The Labute approximate surface area is 236 Å². The summed E-state index contributed by atoms with van der Waals surface area (Å²) < 4.78 is 2.39. The molecule has 0 unspecified atom stereocenters. The topological polar surface area (TPSA) is 4.93 Å². The minimum absolute atomic E-state index is 1.19. The summed E-state index contributed by atoms with van der Waals surface area (Å²) in [4.78, 5) is 2.67. The van der Waals surface area contributed by atoms with Crippen molar-refractivity contribution in [1.29, 1.82) is 0 Å². The lowest BCUT2D eigenvalue weighted by Crippen LogP contribution is -1.93. The van der Waals surface area contributed by atoms with Gasteiger partial charge in [-0.3, -0.25) is 0 Å². The van der Waals surface area contributed by atoms with Gasteiger partial charge in [-0.2, -0.15) is 0 Å². The molecule has 0 fully saturated rings. The van der Waals surface area contributed by atoms with Crippen molar-refractivity contribution in [3.63, 3.8) is 0 Å². The van der Waals surface area contributed by atoms with Crippen molar-refractivity contribution < 1.29 is 0 Å². The van der Waals surface area contributed by atoms with Crippen LogP contribution < -0.4 is 0 Å². The zero-order chi connectivity index (χ0) is 26.2. The Morgan fingerprint density at radius 1 is 0.425 bits per heavy atom. The smallest absolute Gasteiger partial charge is 0.0547 e. The molecule has 0 atom stereocenters. The van der Waals surface area contributed by atoms with E-state index in [0.717, 1.165) is 0 Å². The van der Waals surface area contributed by atoms with E-state index in [-0.39, 0.29) is 0 Å². The number of para-hydroxylation sites is 2. The van der Waals surface area contributed by atoms with E-state index in [4.69, 9.17) is 0 Å². The molecule has 9 rings (SSSR count). The zero-order valence-corrected chi connectivity index (χ0v) is 22.5. The van der Waals surface area contributed by atoms with Crippen molar-refractivity contribution in [2.75, 3.05) is 0 Å². The van der Waals surface area contributed by atoms with Crippen molar-refractivity contribution in [1.82, 2.24) is 4.57 Å². The maximum absolute atomic E-state index is 2.39. The number of hydrogen-bond acceptors (Lipinski definition) is 1. The minimum atomic E-state index is 1.19. The zero-order valence-electron chi connectivity index (χ0n) is 21.6. The van der Waals surface area contributed by atoms with Gasteiger partial charge in [-0.25, -0.2) is 0 Å². The molecule has 40 heavy (non-hydrogen) atoms. The largest absolute Gasteiger partial charge is 0.309 e. The van der Waals surface area contributed by atoms with Crippen molar-refractivity contribution in [3.8, 4) is 27.9 Å². The standard InChI is InChI=1S/C38H23NS/c1-2-10-29(11-3-1)39-34-14-5-4-12-30(34)32-22-28-20-25(16-17-27(28)23-35(32)39)26-18-19-36-33(21-26)31-13-6-8-24-9-7-15-37(40-36)38(24)31/h1-23H. The van der Waals surface area contributed by atoms with E-state index < -0.39 is 0 Å². The lowest BCUT2D eigenvalue weighted by Gasteiger charge is -2.21. The molecule has 1 aliphatic rings. The monoisotopic (exact) mass is 525 g/mol. The summed E-state index contributed by atoms with van der Waals surface area (Å²) in [5.41, 5.74) is 8.83. The Morgan fingerprint density at radius 2 is 1.23 bits per heavy atom. The van der Waals surface area contributed by atoms with Crippen molar-refractivity contribution in [3.05, 3.63) is 140 Å². The van der Waals surface area contributed by atoms with Crippen molar-refractivity contribution in [2.45, 2.75) is 9.79 Å². The SMILES string of the molecule is c1ccc(-n2c3ccccc3c3cc4cc(-c5ccc6c(c5)-c5cccc7cccc(c57)S6)ccc4cc32)cc1. The summed E-state index contributed by atoms with van der Waals surface area (Å²) in [6.07, 6.45) is 0. The van der Waals surface area contributed by atoms with E-state index in [0.29, 0.717) is 0 Å². The van der Waals surface area contributed by atoms with Crippen molar-refractivity contribution in [2.24, 2.45) is 0 Å². The van der Waals surface area contributed by atoms with Gasteiger partial charge in [0, 0.05) is 31.6 Å². The average molecular weight is 526 g/mol. The van der Waals surface area contributed by atoms with Crippen LogP contribution in [0.25, 0.3) is 71.3 Å². The molecule has 2 heteroatoms. The van der Waals surface area contributed by atoms with Gasteiger partial charge in [-0.05, 0) is 93.0 Å². The van der Waals surface area contributed by atoms with Crippen LogP contribution in [0.4, 0.5) is 0 Å². The molecule has 1 nitrogen and oxygen atoms in total. The maximum atomic E-state index is 2.39. The molecule has 7 aromatic carbocycles. The Balaban J connectivity index is 1.23. The Kier molecular flexibility index (Phi) is 4.61. The fraction of sp³-hybridized carbons (Fsp3) is 0. The third kappa shape index (κ3) is 3.17. The van der Waals surface area contributed by atoms with Gasteiger partial charge < -0.3 is 4.57 Å². The molecular formula is C38H23NS. The highest BCUT2D eigenvalue weighted by molar-refractivity contribution is 7.99. The summed E-state index contributed by atoms with van der Waals surface area (Å²) >= 11 is 1.88. The van der Waals surface area contributed by atoms with E-state index in [9.17, 15) is 0 Å². The predicted octanol–water partition coefficient (Wildman–Crippen LogP) is 10.9. The van der Waals surface area contributed by atoms with Gasteiger partial charge in [0.25, 0.3) is 0 Å². The Morgan fingerprint density at radius 3 is 2.15 bits per heavy atom. The molecule has 0 bridgehead atoms. The molecule has 8 aromatic rings.